The Morgan fingerprint density at radius 1 is 1.00 bits per heavy atom. The van der Waals surface area contributed by atoms with Gasteiger partial charge in [-0.1, -0.05) is 19.9 Å². The molecule has 0 aromatic heterocycles. The summed E-state index contributed by atoms with van der Waals surface area (Å²) in [5.74, 6) is -0.582. The lowest BCUT2D eigenvalue weighted by Crippen LogP contribution is -2.27. The van der Waals surface area contributed by atoms with Crippen molar-refractivity contribution >= 4 is 17.5 Å². The Morgan fingerprint density at radius 3 is 2.22 bits per heavy atom. The minimum absolute atomic E-state index is 0.213. The van der Waals surface area contributed by atoms with Crippen LogP contribution in [0.25, 0.3) is 0 Å². The molecule has 0 unspecified atom stereocenters. The van der Waals surface area contributed by atoms with Crippen molar-refractivity contribution in [2.75, 3.05) is 11.9 Å². The highest BCUT2D eigenvalue weighted by molar-refractivity contribution is 6.06. The normalized spacial score (nSPS) is 10.4. The first kappa shape index (κ1) is 16.7. The van der Waals surface area contributed by atoms with E-state index in [0.29, 0.717) is 29.3 Å². The number of amides is 2. The third-order valence-corrected chi connectivity index (χ3v) is 3.16. The van der Waals surface area contributed by atoms with E-state index in [1.807, 2.05) is 13.8 Å². The van der Waals surface area contributed by atoms with Crippen LogP contribution in [-0.4, -0.2) is 18.4 Å². The topological polar surface area (TPSA) is 58.2 Å². The second-order valence-corrected chi connectivity index (χ2v) is 5.65. The molecule has 0 aliphatic carbocycles. The average Bonchev–Trinajstić information content (AvgIpc) is 2.54. The zero-order valence-electron chi connectivity index (χ0n) is 13.1. The number of benzene rings is 2. The highest BCUT2D eigenvalue weighted by Gasteiger charge is 2.11. The Kier molecular flexibility index (Phi) is 5.46. The molecule has 0 spiro atoms. The van der Waals surface area contributed by atoms with E-state index < -0.39 is 0 Å². The summed E-state index contributed by atoms with van der Waals surface area (Å²) in [7, 11) is 0. The van der Waals surface area contributed by atoms with Crippen molar-refractivity contribution in [2.24, 2.45) is 5.92 Å². The Balaban J connectivity index is 2.07. The van der Waals surface area contributed by atoms with E-state index >= 15 is 0 Å². The highest BCUT2D eigenvalue weighted by atomic mass is 19.1. The molecule has 0 saturated heterocycles. The van der Waals surface area contributed by atoms with Gasteiger partial charge in [-0.05, 0) is 48.4 Å². The van der Waals surface area contributed by atoms with Gasteiger partial charge in [-0.3, -0.25) is 9.59 Å². The molecule has 23 heavy (non-hydrogen) atoms. The van der Waals surface area contributed by atoms with Gasteiger partial charge in [-0.2, -0.15) is 0 Å². The van der Waals surface area contributed by atoms with Crippen LogP contribution < -0.4 is 10.6 Å². The molecule has 120 valence electrons. The second-order valence-electron chi connectivity index (χ2n) is 5.65. The molecule has 2 amide bonds. The third-order valence-electron chi connectivity index (χ3n) is 3.16. The molecule has 0 radical (unpaired) electrons. The van der Waals surface area contributed by atoms with Crippen molar-refractivity contribution < 1.29 is 14.0 Å². The largest absolute Gasteiger partial charge is 0.352 e. The molecule has 0 heterocycles. The number of rotatable bonds is 5. The number of hydrogen-bond acceptors (Lipinski definition) is 2. The lowest BCUT2D eigenvalue weighted by molar-refractivity contribution is 0.0949. The molecule has 0 aliphatic heterocycles. The maximum atomic E-state index is 12.9. The molecule has 0 aliphatic rings. The number of hydrogen-bond donors (Lipinski definition) is 2. The number of anilines is 1. The van der Waals surface area contributed by atoms with Crippen LogP contribution in [0.15, 0.2) is 48.5 Å². The molecular weight excluding hydrogens is 295 g/mol. The summed E-state index contributed by atoms with van der Waals surface area (Å²) in [6, 6.07) is 12.0. The Hall–Kier alpha value is -2.69. The first-order chi connectivity index (χ1) is 11.0. The fourth-order valence-corrected chi connectivity index (χ4v) is 1.94. The Morgan fingerprint density at radius 2 is 1.61 bits per heavy atom. The quantitative estimate of drug-likeness (QED) is 0.888. The summed E-state index contributed by atoms with van der Waals surface area (Å²) >= 11 is 0. The average molecular weight is 314 g/mol. The summed E-state index contributed by atoms with van der Waals surface area (Å²) in [5.41, 5.74) is 1.29. The lowest BCUT2D eigenvalue weighted by Gasteiger charge is -2.09. The lowest BCUT2D eigenvalue weighted by atomic mass is 10.1. The third kappa shape index (κ3) is 4.92. The van der Waals surface area contributed by atoms with Gasteiger partial charge in [-0.25, -0.2) is 4.39 Å². The van der Waals surface area contributed by atoms with Gasteiger partial charge in [0.05, 0.1) is 0 Å². The summed E-state index contributed by atoms with van der Waals surface area (Å²) in [6.45, 7) is 4.59. The van der Waals surface area contributed by atoms with E-state index in [2.05, 4.69) is 10.6 Å². The van der Waals surface area contributed by atoms with Crippen molar-refractivity contribution in [3.05, 3.63) is 65.5 Å². The molecule has 0 bridgehead atoms. The smallest absolute Gasteiger partial charge is 0.255 e. The van der Waals surface area contributed by atoms with Crippen LogP contribution in [0.5, 0.6) is 0 Å². The van der Waals surface area contributed by atoms with Crippen LogP contribution in [0.2, 0.25) is 0 Å². The van der Waals surface area contributed by atoms with Crippen LogP contribution in [0.4, 0.5) is 10.1 Å². The van der Waals surface area contributed by atoms with Gasteiger partial charge in [0.2, 0.25) is 0 Å². The molecule has 2 N–H and O–H groups in total. The first-order valence-electron chi connectivity index (χ1n) is 7.41. The zero-order valence-corrected chi connectivity index (χ0v) is 13.1. The standard InChI is InChI=1S/C18H19FN2O2/c1-12(2)11-20-17(22)13-4-3-5-14(10-13)18(23)21-16-8-6-15(19)7-9-16/h3-10,12H,11H2,1-2H3,(H,20,22)(H,21,23). The molecular formula is C18H19FN2O2. The molecule has 4 nitrogen and oxygen atoms in total. The summed E-state index contributed by atoms with van der Waals surface area (Å²) < 4.78 is 12.9. The monoisotopic (exact) mass is 314 g/mol. The van der Waals surface area contributed by atoms with Crippen LogP contribution >= 0.6 is 0 Å². The minimum Gasteiger partial charge on any atom is -0.352 e. The van der Waals surface area contributed by atoms with Crippen LogP contribution in [0, 0.1) is 11.7 Å². The predicted molar refractivity (Wildman–Crippen MR) is 88.0 cm³/mol. The van der Waals surface area contributed by atoms with E-state index in [-0.39, 0.29) is 17.6 Å². The maximum absolute atomic E-state index is 12.9. The molecule has 2 aromatic rings. The molecule has 2 rings (SSSR count). The van der Waals surface area contributed by atoms with Gasteiger partial charge in [0, 0.05) is 23.4 Å². The second kappa shape index (κ2) is 7.54. The number of halogens is 1. The van der Waals surface area contributed by atoms with Crippen molar-refractivity contribution in [1.29, 1.82) is 0 Å². The molecule has 0 saturated carbocycles. The van der Waals surface area contributed by atoms with Gasteiger partial charge in [0.15, 0.2) is 0 Å². The van der Waals surface area contributed by atoms with E-state index in [4.69, 9.17) is 0 Å². The fraction of sp³-hybridized carbons (Fsp3) is 0.222. The number of carbonyl (C=O) groups is 2. The van der Waals surface area contributed by atoms with Gasteiger partial charge in [-0.15, -0.1) is 0 Å². The van der Waals surface area contributed by atoms with E-state index in [0.717, 1.165) is 0 Å². The fourth-order valence-electron chi connectivity index (χ4n) is 1.94. The predicted octanol–water partition coefficient (Wildman–Crippen LogP) is 3.46. The molecule has 0 atom stereocenters. The molecule has 0 fully saturated rings. The highest BCUT2D eigenvalue weighted by Crippen LogP contribution is 2.12. The van der Waals surface area contributed by atoms with Crippen molar-refractivity contribution in [3.8, 4) is 0 Å². The molecule has 2 aromatic carbocycles. The van der Waals surface area contributed by atoms with Crippen molar-refractivity contribution in [2.45, 2.75) is 13.8 Å². The van der Waals surface area contributed by atoms with E-state index in [1.165, 1.54) is 30.3 Å². The first-order valence-corrected chi connectivity index (χ1v) is 7.41. The van der Waals surface area contributed by atoms with Crippen LogP contribution in [-0.2, 0) is 0 Å². The van der Waals surface area contributed by atoms with Gasteiger partial charge in [0.1, 0.15) is 5.82 Å². The summed E-state index contributed by atoms with van der Waals surface area (Å²) in [6.07, 6.45) is 0. The van der Waals surface area contributed by atoms with Crippen molar-refractivity contribution in [3.63, 3.8) is 0 Å². The Labute approximate surface area is 134 Å². The van der Waals surface area contributed by atoms with Crippen LogP contribution in [0.1, 0.15) is 34.6 Å². The summed E-state index contributed by atoms with van der Waals surface area (Å²) in [4.78, 5) is 24.2. The zero-order chi connectivity index (χ0) is 16.8. The Bertz CT molecular complexity index is 696. The minimum atomic E-state index is -0.369. The molecule has 5 heteroatoms. The van der Waals surface area contributed by atoms with Gasteiger partial charge < -0.3 is 10.6 Å². The maximum Gasteiger partial charge on any atom is 0.255 e. The number of carbonyl (C=O) groups excluding carboxylic acids is 2. The van der Waals surface area contributed by atoms with Crippen molar-refractivity contribution in [1.82, 2.24) is 5.32 Å². The van der Waals surface area contributed by atoms with Crippen LogP contribution in [0.3, 0.4) is 0 Å². The summed E-state index contributed by atoms with van der Waals surface area (Å²) in [5, 5.41) is 5.47. The van der Waals surface area contributed by atoms with E-state index in [1.54, 1.807) is 18.2 Å². The SMILES string of the molecule is CC(C)CNC(=O)c1cccc(C(=O)Nc2ccc(F)cc2)c1. The van der Waals surface area contributed by atoms with E-state index in [9.17, 15) is 14.0 Å². The van der Waals surface area contributed by atoms with Gasteiger partial charge in [0.25, 0.3) is 11.8 Å². The van der Waals surface area contributed by atoms with Gasteiger partial charge >= 0.3 is 0 Å². The number of nitrogens with one attached hydrogen (secondary N) is 2.